The zero-order valence-electron chi connectivity index (χ0n) is 22.1. The molecule has 0 atom stereocenters. The number of hydrogen-bond acceptors (Lipinski definition) is 10. The first kappa shape index (κ1) is 31.3. The van der Waals surface area contributed by atoms with Crippen molar-refractivity contribution in [2.24, 2.45) is 0 Å². The van der Waals surface area contributed by atoms with Crippen LogP contribution in [-0.2, 0) is 10.2 Å². The number of nitrogens with zero attached hydrogens (tertiary/aromatic N) is 1. The lowest BCUT2D eigenvalue weighted by molar-refractivity contribution is -0.438. The Morgan fingerprint density at radius 2 is 1.40 bits per heavy atom. The topological polar surface area (TPSA) is 223 Å². The van der Waals surface area contributed by atoms with Crippen LogP contribution in [0.25, 0.3) is 10.8 Å². The zero-order valence-corrected chi connectivity index (χ0v) is 22.1. The van der Waals surface area contributed by atoms with Crippen molar-refractivity contribution in [3.63, 3.8) is 0 Å². The summed E-state index contributed by atoms with van der Waals surface area (Å²) in [5.41, 5.74) is -2.79. The molecule has 40 heavy (non-hydrogen) atoms. The number of carbonyl (C=O) groups is 2. The largest absolute Gasteiger partial charge is 0.395 e. The summed E-state index contributed by atoms with van der Waals surface area (Å²) in [6.45, 7) is -3.25. The summed E-state index contributed by atoms with van der Waals surface area (Å²) in [6, 6.07) is 10.5. The number of carbonyl (C=O) groups excluding carboxylic acids is 2. The number of rotatable bonds is 14. The second kappa shape index (κ2) is 12.5. The molecule has 0 spiro atoms. The van der Waals surface area contributed by atoms with E-state index >= 15 is 0 Å². The van der Waals surface area contributed by atoms with Gasteiger partial charge in [0.2, 0.25) is 5.91 Å². The van der Waals surface area contributed by atoms with Crippen LogP contribution in [0.2, 0.25) is 0 Å². The standard InChI is InChI=1S/C27H35N3O10/c1-17-27(15-37,16-38)23-20-4-2-19(24(40)29-26(12-34,13-35)14-36)8-18(20)3-5-21(23)30(17)7-6-22(39)28-25(9-31,10-32)11-33/h2,4,8,31-38H,6-7,9-16H2,1H3,(H-,28,29,39,40)/p+1. The molecular weight excluding hydrogens is 526 g/mol. The Kier molecular flexibility index (Phi) is 9.83. The van der Waals surface area contributed by atoms with Gasteiger partial charge in [0, 0.05) is 29.3 Å². The van der Waals surface area contributed by atoms with E-state index in [1.54, 1.807) is 17.6 Å². The van der Waals surface area contributed by atoms with Gasteiger partial charge in [-0.15, -0.1) is 0 Å². The van der Waals surface area contributed by atoms with E-state index in [1.165, 1.54) is 12.1 Å². The van der Waals surface area contributed by atoms with E-state index in [1.807, 2.05) is 0 Å². The van der Waals surface area contributed by atoms with Gasteiger partial charge in [0.15, 0.2) is 12.3 Å². The fourth-order valence-electron chi connectivity index (χ4n) is 4.76. The molecule has 0 saturated carbocycles. The Hall–Kier alpha value is -3.19. The zero-order chi connectivity index (χ0) is 29.7. The molecule has 0 bridgehead atoms. The summed E-state index contributed by atoms with van der Waals surface area (Å²) in [5, 5.41) is 83.8. The van der Waals surface area contributed by atoms with Crippen molar-refractivity contribution in [2.75, 3.05) is 59.4 Å². The van der Waals surface area contributed by atoms with Crippen molar-refractivity contribution in [2.45, 2.75) is 29.8 Å². The molecule has 10 N–H and O–H groups in total. The molecule has 0 unspecified atom stereocenters. The molecule has 0 radical (unpaired) electrons. The van der Waals surface area contributed by atoms with Crippen molar-refractivity contribution >= 4 is 34.0 Å². The number of hydrogen-bond donors (Lipinski definition) is 10. The number of aliphatic hydroxyl groups excluding tert-OH is 8. The molecule has 2 aromatic carbocycles. The van der Waals surface area contributed by atoms with Crippen LogP contribution < -0.4 is 10.6 Å². The van der Waals surface area contributed by atoms with E-state index in [9.17, 15) is 50.4 Å². The number of nitrogens with one attached hydrogen (secondary N) is 2. The SMILES string of the molecule is CC1=[N+](CCC(=O)NC(CO)(CO)CO)c2c#cc3cc(C(=O)NC(CO)(CO)CO)ccc3c2C1(CO)CO. The van der Waals surface area contributed by atoms with Gasteiger partial charge in [-0.3, -0.25) is 9.59 Å². The fraction of sp³-hybridized carbons (Fsp3) is 0.519. The summed E-state index contributed by atoms with van der Waals surface area (Å²) in [6.07, 6.45) is -0.126. The molecule has 13 heteroatoms. The van der Waals surface area contributed by atoms with Crippen LogP contribution >= 0.6 is 0 Å². The maximum Gasteiger partial charge on any atom is 0.262 e. The summed E-state index contributed by atoms with van der Waals surface area (Å²) in [7, 11) is 0. The maximum absolute atomic E-state index is 12.8. The molecule has 0 fully saturated rings. The first-order valence-corrected chi connectivity index (χ1v) is 12.6. The molecule has 1 aliphatic heterocycles. The van der Waals surface area contributed by atoms with Gasteiger partial charge in [0.1, 0.15) is 16.5 Å². The second-order valence-corrected chi connectivity index (χ2v) is 10.1. The highest BCUT2D eigenvalue weighted by molar-refractivity contribution is 6.04. The summed E-state index contributed by atoms with van der Waals surface area (Å²) in [4.78, 5) is 25.4. The van der Waals surface area contributed by atoms with Gasteiger partial charge in [0.25, 0.3) is 11.6 Å². The van der Waals surface area contributed by atoms with Crippen molar-refractivity contribution < 1.29 is 55.0 Å². The number of aliphatic hydroxyl groups is 8. The van der Waals surface area contributed by atoms with Crippen molar-refractivity contribution in [1.29, 1.82) is 0 Å². The molecule has 13 nitrogen and oxygen atoms in total. The lowest BCUT2D eigenvalue weighted by atomic mass is 9.77. The Balaban J connectivity index is 1.98. The Labute approximate surface area is 230 Å². The highest BCUT2D eigenvalue weighted by Gasteiger charge is 2.51. The molecule has 218 valence electrons. The van der Waals surface area contributed by atoms with E-state index in [0.717, 1.165) is 0 Å². The van der Waals surface area contributed by atoms with Gasteiger partial charge < -0.3 is 51.5 Å². The number of benzene rings is 1. The van der Waals surface area contributed by atoms with Gasteiger partial charge in [-0.05, 0) is 12.1 Å². The maximum atomic E-state index is 12.8. The third-order valence-electron chi connectivity index (χ3n) is 7.65. The first-order valence-electron chi connectivity index (χ1n) is 12.6. The van der Waals surface area contributed by atoms with Gasteiger partial charge in [0.05, 0.1) is 64.8 Å². The molecule has 2 aromatic rings. The molecule has 2 amide bonds. The third kappa shape index (κ3) is 5.40. The number of amides is 2. The highest BCUT2D eigenvalue weighted by atomic mass is 16.3. The Bertz CT molecular complexity index is 1250. The molecule has 1 heterocycles. The molecule has 0 saturated heterocycles. The lowest BCUT2D eigenvalue weighted by Gasteiger charge is -2.28. The molecule has 1 aliphatic rings. The Morgan fingerprint density at radius 1 is 0.850 bits per heavy atom. The van der Waals surface area contributed by atoms with Gasteiger partial charge in [-0.1, -0.05) is 12.1 Å². The molecule has 0 aliphatic carbocycles. The van der Waals surface area contributed by atoms with E-state index in [-0.39, 0.29) is 18.5 Å². The summed E-state index contributed by atoms with van der Waals surface area (Å²) >= 11 is 0. The van der Waals surface area contributed by atoms with Crippen LogP contribution in [0.5, 0.6) is 0 Å². The Morgan fingerprint density at radius 3 is 1.93 bits per heavy atom. The van der Waals surface area contributed by atoms with Crippen molar-refractivity contribution in [3.8, 4) is 0 Å². The quantitative estimate of drug-likeness (QED) is 0.102. The smallest absolute Gasteiger partial charge is 0.262 e. The minimum Gasteiger partial charge on any atom is -0.395 e. The van der Waals surface area contributed by atoms with E-state index in [2.05, 4.69) is 22.8 Å². The monoisotopic (exact) mass is 562 g/mol. The fourth-order valence-corrected chi connectivity index (χ4v) is 4.76. The van der Waals surface area contributed by atoms with Crippen LogP contribution in [0, 0.1) is 12.1 Å². The third-order valence-corrected chi connectivity index (χ3v) is 7.65. The first-order chi connectivity index (χ1) is 19.1. The average Bonchev–Trinajstić information content (AvgIpc) is 3.24. The minimum atomic E-state index is -1.62. The normalized spacial score (nSPS) is 14.7. The summed E-state index contributed by atoms with van der Waals surface area (Å²) < 4.78 is 1.70. The van der Waals surface area contributed by atoms with Crippen molar-refractivity contribution in [3.05, 3.63) is 41.5 Å². The highest BCUT2D eigenvalue weighted by Crippen LogP contribution is 2.42. The van der Waals surface area contributed by atoms with Crippen LogP contribution in [0.4, 0.5) is 5.69 Å². The van der Waals surface area contributed by atoms with Gasteiger partial charge in [-0.25, -0.2) is 0 Å². The van der Waals surface area contributed by atoms with E-state index < -0.39 is 81.2 Å². The second-order valence-electron chi connectivity index (χ2n) is 10.1. The average molecular weight is 563 g/mol. The van der Waals surface area contributed by atoms with Crippen LogP contribution in [-0.4, -0.2) is 133 Å². The predicted molar refractivity (Wildman–Crippen MR) is 141 cm³/mol. The predicted octanol–water partition coefficient (Wildman–Crippen LogP) is -3.55. The summed E-state index contributed by atoms with van der Waals surface area (Å²) in [5.74, 6) is -1.22. The van der Waals surface area contributed by atoms with Crippen LogP contribution in [0.15, 0.2) is 18.2 Å². The van der Waals surface area contributed by atoms with Crippen LogP contribution in [0.3, 0.4) is 0 Å². The molecular formula is C27H36N3O10+. The lowest BCUT2D eigenvalue weighted by Crippen LogP contribution is -2.57. The molecule has 3 rings (SSSR count). The van der Waals surface area contributed by atoms with E-state index in [4.69, 9.17) is 0 Å². The van der Waals surface area contributed by atoms with Crippen LogP contribution in [0.1, 0.15) is 29.3 Å². The van der Waals surface area contributed by atoms with Crippen molar-refractivity contribution in [1.82, 2.24) is 10.6 Å². The number of fused-ring (bicyclic) bond motifs is 3. The molecule has 0 aromatic heterocycles. The van der Waals surface area contributed by atoms with Gasteiger partial charge >= 0.3 is 0 Å². The van der Waals surface area contributed by atoms with E-state index in [0.29, 0.717) is 27.7 Å². The van der Waals surface area contributed by atoms with Gasteiger partial charge in [-0.2, -0.15) is 4.58 Å². The minimum absolute atomic E-state index is 0.0761.